The highest BCUT2D eigenvalue weighted by molar-refractivity contribution is 6.06. The van der Waals surface area contributed by atoms with Crippen LogP contribution in [-0.4, -0.2) is 77.2 Å². The van der Waals surface area contributed by atoms with E-state index in [1.807, 2.05) is 87.5 Å². The molecule has 2 N–H and O–H groups in total. The van der Waals surface area contributed by atoms with Gasteiger partial charge in [0.25, 0.3) is 5.91 Å². The number of carbonyl (C=O) groups excluding carboxylic acids is 4. The molecule has 0 aromatic heterocycles. The van der Waals surface area contributed by atoms with E-state index in [-0.39, 0.29) is 37.3 Å². The van der Waals surface area contributed by atoms with Crippen LogP contribution < -0.4 is 10.2 Å². The first-order valence-corrected chi connectivity index (χ1v) is 17.5. The smallest absolute Gasteiger partial charge is 0.313 e. The first-order chi connectivity index (χ1) is 23.7. The van der Waals surface area contributed by atoms with Crippen LogP contribution in [0.15, 0.2) is 72.8 Å². The van der Waals surface area contributed by atoms with Crippen molar-refractivity contribution in [3.63, 3.8) is 0 Å². The molecule has 0 radical (unpaired) electrons. The topological polar surface area (TPSA) is 125 Å². The average molecular weight is 670 g/mol. The number of benzene rings is 2. The lowest BCUT2D eigenvalue weighted by atomic mass is 9.74. The van der Waals surface area contributed by atoms with Gasteiger partial charge in [-0.3, -0.25) is 19.2 Å². The number of carbonyl (C=O) groups is 4. The number of aryl methyl sites for hydroxylation is 2. The van der Waals surface area contributed by atoms with Gasteiger partial charge in [0.2, 0.25) is 11.8 Å². The Balaban J connectivity index is 1.43. The minimum absolute atomic E-state index is 0.100. The van der Waals surface area contributed by atoms with E-state index >= 15 is 4.79 Å². The normalized spacial score (nSPS) is 30.8. The summed E-state index contributed by atoms with van der Waals surface area (Å²) in [6, 6.07) is 13.6. The van der Waals surface area contributed by atoms with Gasteiger partial charge in [0.15, 0.2) is 0 Å². The summed E-state index contributed by atoms with van der Waals surface area (Å²) in [6.07, 6.45) is 9.42. The number of hydrogen-bond donors (Lipinski definition) is 2. The maximum absolute atomic E-state index is 15.1. The third-order valence-electron chi connectivity index (χ3n) is 10.4. The molecular formula is C39H47N3O7. The van der Waals surface area contributed by atoms with E-state index in [9.17, 15) is 19.5 Å². The first-order valence-electron chi connectivity index (χ1n) is 17.5. The molecule has 3 amide bonds. The Hall–Kier alpha value is -4.28. The number of aliphatic hydroxyl groups excluding tert-OH is 1. The Kier molecular flexibility index (Phi) is 10.4. The second kappa shape index (κ2) is 14.7. The molecule has 0 aliphatic carbocycles. The number of nitrogens with one attached hydrogen (secondary N) is 1. The van der Waals surface area contributed by atoms with Crippen molar-refractivity contribution in [3.8, 4) is 0 Å². The lowest BCUT2D eigenvalue weighted by Gasteiger charge is -2.37. The number of nitrogens with zero attached hydrogens (tertiary/aromatic N) is 2. The quantitative estimate of drug-likeness (QED) is 0.241. The third kappa shape index (κ3) is 6.56. The minimum atomic E-state index is -1.35. The van der Waals surface area contributed by atoms with Crippen LogP contribution in [-0.2, 0) is 28.7 Å². The molecule has 6 rings (SSSR count). The number of para-hydroxylation sites is 1. The lowest BCUT2D eigenvalue weighted by molar-refractivity contribution is -0.161. The molecule has 4 aliphatic heterocycles. The molecule has 4 aliphatic rings. The Morgan fingerprint density at radius 3 is 2.39 bits per heavy atom. The lowest BCUT2D eigenvalue weighted by Crippen LogP contribution is -2.56. The van der Waals surface area contributed by atoms with Gasteiger partial charge in [-0.05, 0) is 56.7 Å². The molecule has 10 heteroatoms. The summed E-state index contributed by atoms with van der Waals surface area (Å²) in [7, 11) is 0. The monoisotopic (exact) mass is 669 g/mol. The van der Waals surface area contributed by atoms with Crippen molar-refractivity contribution in [2.75, 3.05) is 24.6 Å². The highest BCUT2D eigenvalue weighted by atomic mass is 16.6. The van der Waals surface area contributed by atoms with Gasteiger partial charge in [-0.15, -0.1) is 0 Å². The molecule has 0 unspecified atom stereocenters. The van der Waals surface area contributed by atoms with Gasteiger partial charge in [-0.25, -0.2) is 0 Å². The second-order valence-corrected chi connectivity index (χ2v) is 13.7. The van der Waals surface area contributed by atoms with E-state index in [1.165, 1.54) is 0 Å². The van der Waals surface area contributed by atoms with Crippen LogP contribution in [0.3, 0.4) is 0 Å². The van der Waals surface area contributed by atoms with Crippen molar-refractivity contribution in [2.45, 2.75) is 89.2 Å². The highest BCUT2D eigenvalue weighted by Crippen LogP contribution is 2.56. The van der Waals surface area contributed by atoms with E-state index in [0.29, 0.717) is 25.8 Å². The first kappa shape index (κ1) is 34.6. The molecule has 2 aromatic carbocycles. The summed E-state index contributed by atoms with van der Waals surface area (Å²) < 4.78 is 12.9. The number of aliphatic hydroxyl groups is 1. The van der Waals surface area contributed by atoms with Gasteiger partial charge < -0.3 is 29.7 Å². The molecule has 260 valence electrons. The zero-order valence-electron chi connectivity index (χ0n) is 28.5. The van der Waals surface area contributed by atoms with Crippen molar-refractivity contribution < 1.29 is 33.8 Å². The molecule has 1 spiro atoms. The van der Waals surface area contributed by atoms with Gasteiger partial charge in [0.1, 0.15) is 23.7 Å². The molecule has 7 atom stereocenters. The number of ether oxygens (including phenoxy) is 2. The third-order valence-corrected chi connectivity index (χ3v) is 10.4. The number of cyclic esters (lactones) is 1. The van der Waals surface area contributed by atoms with Crippen LogP contribution >= 0.6 is 0 Å². The number of fused-ring (bicyclic) bond motifs is 2. The Morgan fingerprint density at radius 1 is 0.918 bits per heavy atom. The van der Waals surface area contributed by atoms with Crippen LogP contribution in [0, 0.1) is 25.7 Å². The SMILES string of the molecule is Cc1cccc(C)c1N1C/C=C\CCC(=O)N[C@H](C)[C@@H](c2ccccc2)OC(=O)[C@@H]2[C@@H]3C=C[C@]4(O3)[C@H](C1=O)N(CCCCCCO)C(=O)[C@@H]24. The van der Waals surface area contributed by atoms with Crippen LogP contribution in [0.2, 0.25) is 0 Å². The summed E-state index contributed by atoms with van der Waals surface area (Å²) in [6.45, 7) is 6.37. The van der Waals surface area contributed by atoms with Gasteiger partial charge in [0, 0.05) is 31.8 Å². The summed E-state index contributed by atoms with van der Waals surface area (Å²) in [5.41, 5.74) is 1.96. The molecule has 2 aromatic rings. The van der Waals surface area contributed by atoms with E-state index in [0.717, 1.165) is 35.2 Å². The number of hydrogen-bond acceptors (Lipinski definition) is 7. The largest absolute Gasteiger partial charge is 0.455 e. The van der Waals surface area contributed by atoms with Crippen molar-refractivity contribution >= 4 is 29.4 Å². The Bertz CT molecular complexity index is 1600. The highest BCUT2D eigenvalue weighted by Gasteiger charge is 2.73. The molecule has 4 heterocycles. The zero-order chi connectivity index (χ0) is 34.7. The van der Waals surface area contributed by atoms with Gasteiger partial charge in [-0.2, -0.15) is 0 Å². The maximum Gasteiger partial charge on any atom is 0.313 e. The summed E-state index contributed by atoms with van der Waals surface area (Å²) >= 11 is 0. The average Bonchev–Trinajstić information content (AvgIpc) is 3.73. The van der Waals surface area contributed by atoms with Crippen LogP contribution in [0.4, 0.5) is 5.69 Å². The van der Waals surface area contributed by atoms with Crippen molar-refractivity contribution in [3.05, 3.63) is 89.5 Å². The number of likely N-dealkylation sites (tertiary alicyclic amines) is 1. The second-order valence-electron chi connectivity index (χ2n) is 13.7. The molecule has 0 saturated carbocycles. The van der Waals surface area contributed by atoms with E-state index in [2.05, 4.69) is 5.32 Å². The summed E-state index contributed by atoms with van der Waals surface area (Å²) in [4.78, 5) is 60.4. The fourth-order valence-electron chi connectivity index (χ4n) is 8.09. The minimum Gasteiger partial charge on any atom is -0.455 e. The van der Waals surface area contributed by atoms with Crippen molar-refractivity contribution in [2.24, 2.45) is 11.8 Å². The Labute approximate surface area is 288 Å². The summed E-state index contributed by atoms with van der Waals surface area (Å²) in [5, 5.41) is 12.3. The molecule has 5 bridgehead atoms. The molecule has 2 saturated heterocycles. The van der Waals surface area contributed by atoms with Crippen molar-refractivity contribution in [1.82, 2.24) is 10.2 Å². The van der Waals surface area contributed by atoms with Gasteiger partial charge in [-0.1, -0.05) is 85.7 Å². The number of anilines is 1. The number of unbranched alkanes of at least 4 members (excludes halogenated alkanes) is 3. The van der Waals surface area contributed by atoms with Crippen LogP contribution in [0.5, 0.6) is 0 Å². The van der Waals surface area contributed by atoms with Gasteiger partial charge in [0.05, 0.1) is 18.1 Å². The zero-order valence-corrected chi connectivity index (χ0v) is 28.5. The summed E-state index contributed by atoms with van der Waals surface area (Å²) in [5.74, 6) is -3.29. The van der Waals surface area contributed by atoms with Crippen LogP contribution in [0.1, 0.15) is 68.2 Å². The number of rotatable bonds is 8. The predicted molar refractivity (Wildman–Crippen MR) is 184 cm³/mol. The molecule has 49 heavy (non-hydrogen) atoms. The maximum atomic E-state index is 15.1. The fourth-order valence-corrected chi connectivity index (χ4v) is 8.09. The van der Waals surface area contributed by atoms with E-state index in [1.54, 1.807) is 15.9 Å². The van der Waals surface area contributed by atoms with Crippen molar-refractivity contribution in [1.29, 1.82) is 0 Å². The number of allylic oxidation sites excluding steroid dienone is 1. The van der Waals surface area contributed by atoms with Crippen LogP contribution in [0.25, 0.3) is 0 Å². The molecular weight excluding hydrogens is 622 g/mol. The van der Waals surface area contributed by atoms with E-state index < -0.39 is 47.7 Å². The molecule has 10 nitrogen and oxygen atoms in total. The van der Waals surface area contributed by atoms with Gasteiger partial charge >= 0.3 is 5.97 Å². The number of esters is 1. The number of amides is 3. The standard InChI is InChI=1S/C39H47N3O7/c1-25-15-14-16-26(2)33(25)41-22-12-7-10-19-30(44)40-27(3)34(28-17-8-6-9-18-28)48-38(47)31-29-20-21-39(49-29)32(31)36(45)42(35(39)37(41)46)23-11-4-5-13-24-43/h6-9,12,14-18,20-21,27,29,31-32,34-35,43H,4-5,10-11,13,19,22-24H2,1-3H3,(H,40,44)/b12-7-/t27-,29+,31-,32-,34+,35+,39-/m1/s1. The predicted octanol–water partition coefficient (Wildman–Crippen LogP) is 4.48. The molecule has 2 fully saturated rings. The van der Waals surface area contributed by atoms with E-state index in [4.69, 9.17) is 9.47 Å². The Morgan fingerprint density at radius 2 is 1.65 bits per heavy atom. The fraction of sp³-hybridized carbons (Fsp3) is 0.487.